The Hall–Kier alpha value is -2.77. The molecule has 0 radical (unpaired) electrons. The van der Waals surface area contributed by atoms with Gasteiger partial charge >= 0.3 is 0 Å². The number of aromatic hydroxyl groups is 1. The van der Waals surface area contributed by atoms with Crippen LogP contribution in [-0.4, -0.2) is 57.7 Å². The van der Waals surface area contributed by atoms with Gasteiger partial charge in [-0.25, -0.2) is 0 Å². The number of benzene rings is 1. The van der Waals surface area contributed by atoms with Gasteiger partial charge in [-0.2, -0.15) is 0 Å². The van der Waals surface area contributed by atoms with E-state index in [1.165, 1.54) is 5.56 Å². The Morgan fingerprint density at radius 2 is 1.74 bits per heavy atom. The molecular formula is C27H35N5O2. The smallest absolute Gasteiger partial charge is 0.151 e. The highest BCUT2D eigenvalue weighted by atomic mass is 16.5. The van der Waals surface area contributed by atoms with Crippen LogP contribution in [0.2, 0.25) is 0 Å². The first kappa shape index (κ1) is 23.0. The number of ether oxygens (including phenoxy) is 1. The second kappa shape index (κ2) is 8.17. The van der Waals surface area contributed by atoms with Gasteiger partial charge in [0.1, 0.15) is 5.75 Å². The van der Waals surface area contributed by atoms with Gasteiger partial charge in [-0.15, -0.1) is 10.2 Å². The molecule has 34 heavy (non-hydrogen) atoms. The number of hydrogen-bond donors (Lipinski definition) is 2. The van der Waals surface area contributed by atoms with Crippen molar-refractivity contribution in [2.75, 3.05) is 25.2 Å². The monoisotopic (exact) mass is 461 g/mol. The molecule has 0 bridgehead atoms. The number of nitrogens with one attached hydrogen (secondary N) is 1. The Balaban J connectivity index is 1.46. The first-order valence-electron chi connectivity index (χ1n) is 12.1. The molecule has 5 rings (SSSR count). The van der Waals surface area contributed by atoms with Gasteiger partial charge in [-0.3, -0.25) is 4.98 Å². The molecule has 0 aliphatic carbocycles. The van der Waals surface area contributed by atoms with Crippen LogP contribution in [0.4, 0.5) is 5.82 Å². The van der Waals surface area contributed by atoms with Crippen LogP contribution in [0.15, 0.2) is 30.3 Å². The molecule has 7 heteroatoms. The Kier molecular flexibility index (Phi) is 5.52. The molecule has 0 saturated carbocycles. The molecule has 2 N–H and O–H groups in total. The maximum absolute atomic E-state index is 10.8. The molecule has 180 valence electrons. The number of hydrogen-bond acceptors (Lipinski definition) is 7. The number of pyridine rings is 1. The van der Waals surface area contributed by atoms with Crippen molar-refractivity contribution in [3.05, 3.63) is 41.6 Å². The molecule has 4 heterocycles. The van der Waals surface area contributed by atoms with Gasteiger partial charge in [0.2, 0.25) is 0 Å². The lowest BCUT2D eigenvalue weighted by atomic mass is 9.79. The molecule has 2 aliphatic heterocycles. The van der Waals surface area contributed by atoms with Gasteiger partial charge in [0, 0.05) is 52.8 Å². The van der Waals surface area contributed by atoms with E-state index in [2.05, 4.69) is 66.2 Å². The highest BCUT2D eigenvalue weighted by Crippen LogP contribution is 2.38. The molecule has 2 aliphatic rings. The molecule has 3 aromatic rings. The van der Waals surface area contributed by atoms with E-state index in [0.29, 0.717) is 23.2 Å². The zero-order chi connectivity index (χ0) is 24.3. The predicted octanol–water partition coefficient (Wildman–Crippen LogP) is 4.57. The highest BCUT2D eigenvalue weighted by Gasteiger charge is 2.39. The van der Waals surface area contributed by atoms with E-state index in [1.807, 2.05) is 25.1 Å². The Labute approximate surface area is 201 Å². The number of phenolic OH excluding ortho intramolecular Hbond substituents is 1. The van der Waals surface area contributed by atoms with Crippen LogP contribution < -0.4 is 10.2 Å². The number of nitrogens with zero attached hydrogens (tertiary/aromatic N) is 4. The third-order valence-corrected chi connectivity index (χ3v) is 7.17. The Morgan fingerprint density at radius 3 is 2.32 bits per heavy atom. The Bertz CT molecular complexity index is 1200. The number of anilines is 1. The summed E-state index contributed by atoms with van der Waals surface area (Å²) in [5, 5.41) is 24.7. The van der Waals surface area contributed by atoms with Crippen LogP contribution in [0, 0.1) is 6.92 Å². The van der Waals surface area contributed by atoms with Crippen molar-refractivity contribution in [2.45, 2.75) is 70.5 Å². The number of piperidine rings is 1. The van der Waals surface area contributed by atoms with Crippen LogP contribution in [0.3, 0.4) is 0 Å². The summed E-state index contributed by atoms with van der Waals surface area (Å²) in [6.07, 6.45) is 2.06. The molecular weight excluding hydrogens is 426 g/mol. The standard InChI is InChI=1S/C27H35N5O2/c1-16-9-19(17-14-34-15-17)20-10-21(24(33)11-23(20)28-16)22-7-8-25(30-29-22)32(6)18-12-26(2,3)31-27(4,5)13-18/h7-11,17-18,31,33H,12-15H2,1-6H3. The van der Waals surface area contributed by atoms with E-state index < -0.39 is 0 Å². The lowest BCUT2D eigenvalue weighted by molar-refractivity contribution is 0.00897. The van der Waals surface area contributed by atoms with Crippen molar-refractivity contribution in [3.63, 3.8) is 0 Å². The van der Waals surface area contributed by atoms with Crippen molar-refractivity contribution in [3.8, 4) is 17.0 Å². The van der Waals surface area contributed by atoms with Gasteiger partial charge in [0.25, 0.3) is 0 Å². The summed E-state index contributed by atoms with van der Waals surface area (Å²) in [6, 6.07) is 10.2. The molecule has 2 fully saturated rings. The molecule has 0 unspecified atom stereocenters. The molecule has 0 atom stereocenters. The average molecular weight is 462 g/mol. The fraction of sp³-hybridized carbons (Fsp3) is 0.519. The maximum atomic E-state index is 10.8. The molecule has 1 aromatic carbocycles. The second-order valence-corrected chi connectivity index (χ2v) is 11.3. The fourth-order valence-corrected chi connectivity index (χ4v) is 5.77. The van der Waals surface area contributed by atoms with E-state index in [9.17, 15) is 5.11 Å². The van der Waals surface area contributed by atoms with Crippen LogP contribution in [-0.2, 0) is 4.74 Å². The van der Waals surface area contributed by atoms with Crippen molar-refractivity contribution >= 4 is 16.7 Å². The van der Waals surface area contributed by atoms with Crippen LogP contribution in [0.5, 0.6) is 5.75 Å². The van der Waals surface area contributed by atoms with Crippen molar-refractivity contribution in [2.24, 2.45) is 0 Å². The minimum Gasteiger partial charge on any atom is -0.507 e. The van der Waals surface area contributed by atoms with E-state index in [4.69, 9.17) is 4.74 Å². The first-order chi connectivity index (χ1) is 16.0. The summed E-state index contributed by atoms with van der Waals surface area (Å²) in [7, 11) is 2.10. The zero-order valence-electron chi connectivity index (χ0n) is 21.0. The number of aryl methyl sites for hydroxylation is 1. The van der Waals surface area contributed by atoms with Crippen LogP contribution in [0.1, 0.15) is 57.7 Å². The Morgan fingerprint density at radius 1 is 1.03 bits per heavy atom. The van der Waals surface area contributed by atoms with Gasteiger partial charge in [-0.1, -0.05) is 0 Å². The molecule has 7 nitrogen and oxygen atoms in total. The van der Waals surface area contributed by atoms with Gasteiger partial charge in [-0.05, 0) is 77.3 Å². The minimum atomic E-state index is 0.0561. The first-order valence-corrected chi connectivity index (χ1v) is 12.1. The largest absolute Gasteiger partial charge is 0.507 e. The number of phenols is 1. The summed E-state index contributed by atoms with van der Waals surface area (Å²) < 4.78 is 5.43. The van der Waals surface area contributed by atoms with E-state index in [1.54, 1.807) is 6.07 Å². The summed E-state index contributed by atoms with van der Waals surface area (Å²) in [5.74, 6) is 1.37. The average Bonchev–Trinajstić information content (AvgIpc) is 2.69. The van der Waals surface area contributed by atoms with Crippen LogP contribution in [0.25, 0.3) is 22.2 Å². The van der Waals surface area contributed by atoms with E-state index >= 15 is 0 Å². The highest BCUT2D eigenvalue weighted by molar-refractivity contribution is 5.90. The summed E-state index contributed by atoms with van der Waals surface area (Å²) in [4.78, 5) is 6.88. The number of fused-ring (bicyclic) bond motifs is 1. The molecule has 2 saturated heterocycles. The van der Waals surface area contributed by atoms with E-state index in [-0.39, 0.29) is 16.8 Å². The summed E-state index contributed by atoms with van der Waals surface area (Å²) >= 11 is 0. The van der Waals surface area contributed by atoms with Crippen molar-refractivity contribution in [1.82, 2.24) is 20.5 Å². The zero-order valence-corrected chi connectivity index (χ0v) is 21.0. The topological polar surface area (TPSA) is 83.4 Å². The molecule has 0 amide bonds. The third-order valence-electron chi connectivity index (χ3n) is 7.17. The van der Waals surface area contributed by atoms with Gasteiger partial charge in [0.15, 0.2) is 5.82 Å². The minimum absolute atomic E-state index is 0.0561. The third kappa shape index (κ3) is 4.34. The van der Waals surface area contributed by atoms with E-state index in [0.717, 1.165) is 48.5 Å². The molecule has 0 spiro atoms. The fourth-order valence-electron chi connectivity index (χ4n) is 5.77. The van der Waals surface area contributed by atoms with Gasteiger partial charge < -0.3 is 20.1 Å². The second-order valence-electron chi connectivity index (χ2n) is 11.3. The number of rotatable bonds is 4. The summed E-state index contributed by atoms with van der Waals surface area (Å²) in [6.45, 7) is 12.5. The quantitative estimate of drug-likeness (QED) is 0.589. The maximum Gasteiger partial charge on any atom is 0.151 e. The lowest BCUT2D eigenvalue weighted by Gasteiger charge is -2.49. The number of aromatic nitrogens is 3. The van der Waals surface area contributed by atoms with Gasteiger partial charge in [0.05, 0.1) is 24.4 Å². The lowest BCUT2D eigenvalue weighted by Crippen LogP contribution is -2.62. The summed E-state index contributed by atoms with van der Waals surface area (Å²) in [5.41, 5.74) is 4.39. The van der Waals surface area contributed by atoms with Crippen LogP contribution >= 0.6 is 0 Å². The predicted molar refractivity (Wildman–Crippen MR) is 135 cm³/mol. The van der Waals surface area contributed by atoms with Crippen molar-refractivity contribution in [1.29, 1.82) is 0 Å². The van der Waals surface area contributed by atoms with Crippen molar-refractivity contribution < 1.29 is 9.84 Å². The normalized spacial score (nSPS) is 20.3. The SMILES string of the molecule is Cc1cc(C2COC2)c2cc(-c3ccc(N(C)C4CC(C)(C)NC(C)(C)C4)nn3)c(O)cc2n1. The molecule has 2 aromatic heterocycles.